The van der Waals surface area contributed by atoms with Crippen LogP contribution in [0.25, 0.3) is 0 Å². The number of hydrogen-bond donors (Lipinski definition) is 0. The Morgan fingerprint density at radius 3 is 2.10 bits per heavy atom. The van der Waals surface area contributed by atoms with E-state index in [0.29, 0.717) is 5.92 Å². The summed E-state index contributed by atoms with van der Waals surface area (Å²) in [4.78, 5) is 0. The molecule has 0 atom stereocenters. The van der Waals surface area contributed by atoms with E-state index in [4.69, 9.17) is 11.6 Å². The first-order valence-corrected chi connectivity index (χ1v) is 5.16. The molecule has 0 heterocycles. The Hall–Kier alpha value is 0.380. The quantitative estimate of drug-likeness (QED) is 0.633. The highest BCUT2D eigenvalue weighted by Gasteiger charge is 2.05. The van der Waals surface area contributed by atoms with Gasteiger partial charge in [0.15, 0.2) is 0 Å². The third-order valence-electron chi connectivity index (χ3n) is 1.51. The molecule has 2 heteroatoms. The van der Waals surface area contributed by atoms with E-state index >= 15 is 0 Å². The number of hydrogen-bond acceptors (Lipinski definition) is 1. The fourth-order valence-electron chi connectivity index (χ4n) is 0.905. The van der Waals surface area contributed by atoms with E-state index in [-0.39, 0.29) is 0 Å². The molecule has 0 aliphatic carbocycles. The molecule has 0 aromatic rings. The van der Waals surface area contributed by atoms with Gasteiger partial charge in [-0.2, -0.15) is 0 Å². The van der Waals surface area contributed by atoms with Crippen LogP contribution in [-0.4, -0.2) is 6.26 Å². The normalized spacial score (nSPS) is 13.8. The van der Waals surface area contributed by atoms with E-state index in [9.17, 15) is 0 Å². The van der Waals surface area contributed by atoms with Gasteiger partial charge in [-0.1, -0.05) is 32.4 Å². The Balaban J connectivity index is 4.29. The third kappa shape index (κ3) is 2.98. The van der Waals surface area contributed by atoms with Crippen molar-refractivity contribution >= 4 is 23.4 Å². The maximum absolute atomic E-state index is 5.97. The molecule has 0 saturated heterocycles. The zero-order chi connectivity index (χ0) is 8.15. The molecule has 10 heavy (non-hydrogen) atoms. The minimum atomic E-state index is 0.588. The van der Waals surface area contributed by atoms with Gasteiger partial charge in [-0.3, -0.25) is 0 Å². The van der Waals surface area contributed by atoms with Crippen molar-refractivity contribution in [2.75, 3.05) is 6.26 Å². The van der Waals surface area contributed by atoms with Gasteiger partial charge < -0.3 is 0 Å². The summed E-state index contributed by atoms with van der Waals surface area (Å²) >= 11 is 7.60. The summed E-state index contributed by atoms with van der Waals surface area (Å²) in [5.41, 5.74) is 1.37. The number of halogens is 1. The smallest absolute Gasteiger partial charge is 0.0726 e. The van der Waals surface area contributed by atoms with Crippen LogP contribution in [0.2, 0.25) is 0 Å². The second-order valence-electron chi connectivity index (χ2n) is 2.51. The lowest BCUT2D eigenvalue weighted by atomic mass is 10.0. The van der Waals surface area contributed by atoms with Crippen molar-refractivity contribution in [3.8, 4) is 0 Å². The van der Waals surface area contributed by atoms with Crippen LogP contribution in [0, 0.1) is 5.92 Å². The topological polar surface area (TPSA) is 0 Å². The Bertz CT molecular complexity index is 127. The number of rotatable bonds is 3. The summed E-state index contributed by atoms with van der Waals surface area (Å²) in [6.45, 7) is 6.50. The first kappa shape index (κ1) is 10.4. The lowest BCUT2D eigenvalue weighted by molar-refractivity contribution is 0.733. The van der Waals surface area contributed by atoms with Gasteiger partial charge in [0.25, 0.3) is 0 Å². The van der Waals surface area contributed by atoms with Crippen molar-refractivity contribution in [3.63, 3.8) is 0 Å². The molecule has 0 N–H and O–H groups in total. The fourth-order valence-corrected chi connectivity index (χ4v) is 1.90. The maximum Gasteiger partial charge on any atom is 0.0726 e. The molecule has 0 aromatic carbocycles. The number of allylic oxidation sites excluding steroid dienone is 1. The van der Waals surface area contributed by atoms with Crippen molar-refractivity contribution in [2.45, 2.75) is 27.2 Å². The molecular formula is C8H15ClS. The van der Waals surface area contributed by atoms with Gasteiger partial charge in [-0.15, -0.1) is 11.8 Å². The monoisotopic (exact) mass is 178 g/mol. The second-order valence-corrected chi connectivity index (χ2v) is 3.93. The molecule has 0 aliphatic heterocycles. The summed E-state index contributed by atoms with van der Waals surface area (Å²) in [5.74, 6) is 0.588. The van der Waals surface area contributed by atoms with E-state index in [0.717, 1.165) is 10.8 Å². The molecule has 0 aromatic heterocycles. The molecule has 0 amide bonds. The van der Waals surface area contributed by atoms with Crippen molar-refractivity contribution in [1.82, 2.24) is 0 Å². The molecule has 0 nitrogen and oxygen atoms in total. The average molecular weight is 179 g/mol. The Morgan fingerprint density at radius 2 is 2.00 bits per heavy atom. The van der Waals surface area contributed by atoms with Crippen molar-refractivity contribution < 1.29 is 0 Å². The summed E-state index contributed by atoms with van der Waals surface area (Å²) in [7, 11) is 0. The molecule has 0 radical (unpaired) electrons. The van der Waals surface area contributed by atoms with Crippen LogP contribution in [0.15, 0.2) is 9.94 Å². The Morgan fingerprint density at radius 1 is 1.50 bits per heavy atom. The molecule has 0 bridgehead atoms. The summed E-state index contributed by atoms with van der Waals surface area (Å²) in [5, 5.41) is 0. The molecule has 0 spiro atoms. The third-order valence-corrected chi connectivity index (χ3v) is 2.84. The first-order chi connectivity index (χ1) is 4.63. The second kappa shape index (κ2) is 5.09. The van der Waals surface area contributed by atoms with Crippen LogP contribution in [-0.2, 0) is 0 Å². The number of thioether (sulfide) groups is 1. The summed E-state index contributed by atoms with van der Waals surface area (Å²) in [6.07, 6.45) is 3.08. The first-order valence-electron chi connectivity index (χ1n) is 3.56. The molecule has 0 fully saturated rings. The van der Waals surface area contributed by atoms with Crippen molar-refractivity contribution in [3.05, 3.63) is 9.94 Å². The Labute approximate surface area is 73.0 Å². The van der Waals surface area contributed by atoms with Crippen molar-refractivity contribution in [2.24, 2.45) is 5.92 Å². The van der Waals surface area contributed by atoms with Gasteiger partial charge in [-0.25, -0.2) is 0 Å². The van der Waals surface area contributed by atoms with Crippen LogP contribution in [0.1, 0.15) is 27.2 Å². The van der Waals surface area contributed by atoms with Gasteiger partial charge in [0.2, 0.25) is 0 Å². The highest BCUT2D eigenvalue weighted by molar-refractivity contribution is 8.03. The molecule has 0 aliphatic rings. The Kier molecular flexibility index (Phi) is 5.28. The van der Waals surface area contributed by atoms with E-state index in [1.54, 1.807) is 11.8 Å². The van der Waals surface area contributed by atoms with Gasteiger partial charge >= 0.3 is 0 Å². The van der Waals surface area contributed by atoms with Gasteiger partial charge in [0.05, 0.1) is 4.36 Å². The van der Waals surface area contributed by atoms with E-state index < -0.39 is 0 Å². The molecule has 60 valence electrons. The van der Waals surface area contributed by atoms with E-state index in [2.05, 4.69) is 20.8 Å². The minimum Gasteiger partial charge on any atom is -0.118 e. The van der Waals surface area contributed by atoms with Gasteiger partial charge in [0.1, 0.15) is 0 Å². The predicted octanol–water partition coefficient (Wildman–Crippen LogP) is 3.87. The minimum absolute atomic E-state index is 0.588. The SMILES string of the molecule is CC/C(=C(/Cl)SC)C(C)C. The standard InChI is InChI=1S/C8H15ClS/c1-5-7(6(2)3)8(9)10-4/h6H,5H2,1-4H3/b8-7+. The fraction of sp³-hybridized carbons (Fsp3) is 0.750. The lowest BCUT2D eigenvalue weighted by Crippen LogP contribution is -1.93. The molecule has 0 saturated carbocycles. The largest absolute Gasteiger partial charge is 0.118 e. The van der Waals surface area contributed by atoms with Crippen LogP contribution >= 0.6 is 23.4 Å². The molecular weight excluding hydrogens is 164 g/mol. The van der Waals surface area contributed by atoms with Gasteiger partial charge in [-0.05, 0) is 24.2 Å². The van der Waals surface area contributed by atoms with Crippen LogP contribution in [0.3, 0.4) is 0 Å². The van der Waals surface area contributed by atoms with E-state index in [1.165, 1.54) is 5.57 Å². The molecule has 0 unspecified atom stereocenters. The predicted molar refractivity (Wildman–Crippen MR) is 51.5 cm³/mol. The maximum atomic E-state index is 5.97. The zero-order valence-electron chi connectivity index (χ0n) is 7.07. The summed E-state index contributed by atoms with van der Waals surface area (Å²) < 4.78 is 0.970. The van der Waals surface area contributed by atoms with Crippen LogP contribution < -0.4 is 0 Å². The average Bonchev–Trinajstić information content (AvgIpc) is 1.88. The lowest BCUT2D eigenvalue weighted by Gasteiger charge is -2.09. The highest BCUT2D eigenvalue weighted by atomic mass is 35.5. The van der Waals surface area contributed by atoms with Gasteiger partial charge in [0, 0.05) is 0 Å². The zero-order valence-corrected chi connectivity index (χ0v) is 8.64. The summed E-state index contributed by atoms with van der Waals surface area (Å²) in [6, 6.07) is 0. The molecule has 0 rings (SSSR count). The van der Waals surface area contributed by atoms with Crippen molar-refractivity contribution in [1.29, 1.82) is 0 Å². The van der Waals surface area contributed by atoms with E-state index in [1.807, 2.05) is 6.26 Å². The van der Waals surface area contributed by atoms with Crippen LogP contribution in [0.5, 0.6) is 0 Å². The highest BCUT2D eigenvalue weighted by Crippen LogP contribution is 2.27. The van der Waals surface area contributed by atoms with Crippen LogP contribution in [0.4, 0.5) is 0 Å².